The van der Waals surface area contributed by atoms with Gasteiger partial charge in [0, 0.05) is 18.8 Å². The number of ether oxygens (including phenoxy) is 2. The maximum absolute atomic E-state index is 12.8. The van der Waals surface area contributed by atoms with Crippen molar-refractivity contribution < 1.29 is 22.7 Å². The molecule has 0 atom stereocenters. The summed E-state index contributed by atoms with van der Waals surface area (Å²) in [5.41, 5.74) is 1.07. The molecular weight excluding hydrogens is 370 g/mol. The average molecular weight is 393 g/mol. The second-order valence-electron chi connectivity index (χ2n) is 5.66. The van der Waals surface area contributed by atoms with Crippen molar-refractivity contribution in [2.75, 3.05) is 31.3 Å². The first-order chi connectivity index (χ1) is 12.8. The standard InChI is InChI=1S/C18H23N3O5S/c1-5-21(27(4,23)24)15-11-17(26-3)16(25-2)10-14(15)18(22)20-12-13-8-6-7-9-19-13/h6-11H,5,12H2,1-4H3,(H,20,22). The average Bonchev–Trinajstić information content (AvgIpc) is 2.65. The summed E-state index contributed by atoms with van der Waals surface area (Å²) in [4.78, 5) is 16.9. The van der Waals surface area contributed by atoms with Gasteiger partial charge in [0.05, 0.1) is 44.0 Å². The van der Waals surface area contributed by atoms with Crippen LogP contribution < -0.4 is 19.1 Å². The van der Waals surface area contributed by atoms with Crippen LogP contribution in [0.2, 0.25) is 0 Å². The van der Waals surface area contributed by atoms with Crippen LogP contribution in [0, 0.1) is 0 Å². The van der Waals surface area contributed by atoms with E-state index in [1.807, 2.05) is 6.07 Å². The Kier molecular flexibility index (Phi) is 6.62. The van der Waals surface area contributed by atoms with Crippen LogP contribution >= 0.6 is 0 Å². The fraction of sp³-hybridized carbons (Fsp3) is 0.333. The summed E-state index contributed by atoms with van der Waals surface area (Å²) in [5, 5.41) is 2.76. The van der Waals surface area contributed by atoms with Crippen molar-refractivity contribution >= 4 is 21.6 Å². The van der Waals surface area contributed by atoms with Crippen molar-refractivity contribution in [1.82, 2.24) is 10.3 Å². The van der Waals surface area contributed by atoms with Crippen molar-refractivity contribution in [2.45, 2.75) is 13.5 Å². The zero-order chi connectivity index (χ0) is 20.0. The summed E-state index contributed by atoms with van der Waals surface area (Å²) in [7, 11) is -0.702. The van der Waals surface area contributed by atoms with Crippen molar-refractivity contribution in [2.24, 2.45) is 0 Å². The van der Waals surface area contributed by atoms with Crippen molar-refractivity contribution in [3.8, 4) is 11.5 Å². The Morgan fingerprint density at radius 3 is 2.37 bits per heavy atom. The minimum atomic E-state index is -3.59. The van der Waals surface area contributed by atoms with Gasteiger partial charge in [-0.25, -0.2) is 8.42 Å². The van der Waals surface area contributed by atoms with E-state index >= 15 is 0 Å². The molecule has 0 aliphatic carbocycles. The Hall–Kier alpha value is -2.81. The van der Waals surface area contributed by atoms with E-state index in [9.17, 15) is 13.2 Å². The van der Waals surface area contributed by atoms with Gasteiger partial charge >= 0.3 is 0 Å². The molecule has 2 aromatic rings. The second kappa shape index (κ2) is 8.72. The molecule has 0 unspecified atom stereocenters. The zero-order valence-electron chi connectivity index (χ0n) is 15.7. The SMILES string of the molecule is CCN(c1cc(OC)c(OC)cc1C(=O)NCc1ccccn1)S(C)(=O)=O. The lowest BCUT2D eigenvalue weighted by Gasteiger charge is -2.24. The molecule has 1 heterocycles. The lowest BCUT2D eigenvalue weighted by Crippen LogP contribution is -2.33. The van der Waals surface area contributed by atoms with Crippen molar-refractivity contribution in [1.29, 1.82) is 0 Å². The van der Waals surface area contributed by atoms with Crippen LogP contribution in [0.25, 0.3) is 0 Å². The molecule has 0 fully saturated rings. The highest BCUT2D eigenvalue weighted by molar-refractivity contribution is 7.92. The van der Waals surface area contributed by atoms with Gasteiger partial charge in [0.1, 0.15) is 0 Å². The number of anilines is 1. The fourth-order valence-corrected chi connectivity index (χ4v) is 3.59. The third-order valence-electron chi connectivity index (χ3n) is 3.86. The number of rotatable bonds is 8. The first-order valence-corrected chi connectivity index (χ1v) is 10.1. The Bertz CT molecular complexity index is 901. The molecule has 0 aliphatic rings. The molecule has 27 heavy (non-hydrogen) atoms. The van der Waals surface area contributed by atoms with E-state index in [1.165, 1.54) is 26.4 Å². The summed E-state index contributed by atoms with van der Waals surface area (Å²) < 4.78 is 36.0. The van der Waals surface area contributed by atoms with Gasteiger partial charge in [-0.05, 0) is 25.1 Å². The number of benzene rings is 1. The molecule has 0 aliphatic heterocycles. The van der Waals surface area contributed by atoms with E-state index in [2.05, 4.69) is 10.3 Å². The van der Waals surface area contributed by atoms with Gasteiger partial charge in [0.2, 0.25) is 10.0 Å². The smallest absolute Gasteiger partial charge is 0.253 e. The van der Waals surface area contributed by atoms with Crippen LogP contribution in [-0.2, 0) is 16.6 Å². The molecule has 9 heteroatoms. The minimum Gasteiger partial charge on any atom is -0.493 e. The van der Waals surface area contributed by atoms with Crippen LogP contribution in [0.4, 0.5) is 5.69 Å². The molecule has 8 nitrogen and oxygen atoms in total. The summed E-state index contributed by atoms with van der Waals surface area (Å²) in [6, 6.07) is 8.33. The summed E-state index contributed by atoms with van der Waals surface area (Å²) >= 11 is 0. The number of carbonyl (C=O) groups is 1. The van der Waals surface area contributed by atoms with Crippen LogP contribution in [0.1, 0.15) is 23.0 Å². The van der Waals surface area contributed by atoms with Gasteiger partial charge in [-0.15, -0.1) is 0 Å². The number of pyridine rings is 1. The quantitative estimate of drug-likeness (QED) is 0.735. The number of carbonyl (C=O) groups excluding carboxylic acids is 1. The predicted octanol–water partition coefficient (Wildman–Crippen LogP) is 1.81. The monoisotopic (exact) mass is 393 g/mol. The van der Waals surface area contributed by atoms with E-state index < -0.39 is 15.9 Å². The van der Waals surface area contributed by atoms with E-state index in [1.54, 1.807) is 25.3 Å². The van der Waals surface area contributed by atoms with E-state index in [0.29, 0.717) is 17.2 Å². The van der Waals surface area contributed by atoms with E-state index in [-0.39, 0.29) is 24.3 Å². The van der Waals surface area contributed by atoms with Gasteiger partial charge < -0.3 is 14.8 Å². The van der Waals surface area contributed by atoms with E-state index in [0.717, 1.165) is 10.6 Å². The van der Waals surface area contributed by atoms with Gasteiger partial charge in [-0.3, -0.25) is 14.1 Å². The highest BCUT2D eigenvalue weighted by atomic mass is 32.2. The topological polar surface area (TPSA) is 97.8 Å². The Balaban J connectivity index is 2.46. The molecule has 0 saturated heterocycles. The number of nitrogens with one attached hydrogen (secondary N) is 1. The molecule has 1 N–H and O–H groups in total. The Labute approximate surface area is 159 Å². The van der Waals surface area contributed by atoms with Crippen LogP contribution in [-0.4, -0.2) is 46.3 Å². The third kappa shape index (κ3) is 4.88. The zero-order valence-corrected chi connectivity index (χ0v) is 16.5. The highest BCUT2D eigenvalue weighted by Crippen LogP contribution is 2.36. The molecule has 0 saturated carbocycles. The number of nitrogens with zero attached hydrogens (tertiary/aromatic N) is 2. The third-order valence-corrected chi connectivity index (χ3v) is 5.11. The lowest BCUT2D eigenvalue weighted by atomic mass is 10.1. The maximum atomic E-state index is 12.8. The number of methoxy groups -OCH3 is 2. The van der Waals surface area contributed by atoms with Crippen LogP contribution in [0.15, 0.2) is 36.5 Å². The molecule has 1 aromatic heterocycles. The molecular formula is C18H23N3O5S. The summed E-state index contributed by atoms with van der Waals surface area (Å²) in [6.45, 7) is 2.06. The fourth-order valence-electron chi connectivity index (χ4n) is 2.61. The van der Waals surface area contributed by atoms with Gasteiger partial charge in [-0.1, -0.05) is 6.07 Å². The van der Waals surface area contributed by atoms with Crippen LogP contribution in [0.3, 0.4) is 0 Å². The Morgan fingerprint density at radius 1 is 1.19 bits per heavy atom. The predicted molar refractivity (Wildman–Crippen MR) is 103 cm³/mol. The number of amides is 1. The van der Waals surface area contributed by atoms with Gasteiger partial charge in [-0.2, -0.15) is 0 Å². The number of sulfonamides is 1. The van der Waals surface area contributed by atoms with E-state index in [4.69, 9.17) is 9.47 Å². The largest absolute Gasteiger partial charge is 0.493 e. The number of hydrogen-bond acceptors (Lipinski definition) is 6. The second-order valence-corrected chi connectivity index (χ2v) is 7.56. The normalized spacial score (nSPS) is 11.0. The van der Waals surface area contributed by atoms with Gasteiger partial charge in [0.15, 0.2) is 11.5 Å². The van der Waals surface area contributed by atoms with Crippen molar-refractivity contribution in [3.05, 3.63) is 47.8 Å². The lowest BCUT2D eigenvalue weighted by molar-refractivity contribution is 0.0950. The molecule has 2 rings (SSSR count). The molecule has 146 valence electrons. The first kappa shape index (κ1) is 20.5. The Morgan fingerprint density at radius 2 is 1.85 bits per heavy atom. The molecule has 0 spiro atoms. The molecule has 1 amide bonds. The minimum absolute atomic E-state index is 0.162. The van der Waals surface area contributed by atoms with Gasteiger partial charge in [0.25, 0.3) is 5.91 Å². The molecule has 0 bridgehead atoms. The number of hydrogen-bond donors (Lipinski definition) is 1. The first-order valence-electron chi connectivity index (χ1n) is 8.23. The van der Waals surface area contributed by atoms with Crippen molar-refractivity contribution in [3.63, 3.8) is 0 Å². The maximum Gasteiger partial charge on any atom is 0.253 e. The number of aromatic nitrogens is 1. The molecule has 1 aromatic carbocycles. The summed E-state index contributed by atoms with van der Waals surface area (Å²) in [6.07, 6.45) is 2.72. The molecule has 0 radical (unpaired) electrons. The van der Waals surface area contributed by atoms with Crippen LogP contribution in [0.5, 0.6) is 11.5 Å². The summed E-state index contributed by atoms with van der Waals surface area (Å²) in [5.74, 6) is 0.211. The highest BCUT2D eigenvalue weighted by Gasteiger charge is 2.25.